The van der Waals surface area contributed by atoms with Crippen LogP contribution in [0.15, 0.2) is 29.3 Å². The van der Waals surface area contributed by atoms with Gasteiger partial charge in [-0.25, -0.2) is 4.18 Å². The fraction of sp³-hybridized carbons (Fsp3) is 0.767. The first kappa shape index (κ1) is 31.9. The number of hydrogen-bond acceptors (Lipinski definition) is 5. The minimum absolute atomic E-state index is 0.104. The molecule has 1 aromatic rings. The first-order valence-corrected chi connectivity index (χ1v) is 16.1. The standard InChI is InChI=1S/C30H51NO5S/c1-3-5-7-9-10-11-12-14-18-26(17-13-8-6-4-2)24-35-25-30(36-37(32,33)34)22-29-21-27-19-15-16-20-28(27)23-31-29/h15-16,19-20,23,26,29-30H,3-14,17-18,21-22,24-25H2,1-2H3,(H,32,33,34). The monoisotopic (exact) mass is 537 g/mol. The van der Waals surface area contributed by atoms with Crippen LogP contribution in [0, 0.1) is 5.92 Å². The van der Waals surface area contributed by atoms with Crippen molar-refractivity contribution >= 4 is 16.6 Å². The van der Waals surface area contributed by atoms with Crippen molar-refractivity contribution in [3.63, 3.8) is 0 Å². The molecule has 0 fully saturated rings. The molecule has 3 atom stereocenters. The Morgan fingerprint density at radius 1 is 0.892 bits per heavy atom. The fourth-order valence-electron chi connectivity index (χ4n) is 5.20. The lowest BCUT2D eigenvalue weighted by Gasteiger charge is -2.24. The Balaban J connectivity index is 1.81. The van der Waals surface area contributed by atoms with E-state index in [-0.39, 0.29) is 12.6 Å². The minimum atomic E-state index is -4.57. The summed E-state index contributed by atoms with van der Waals surface area (Å²) in [5.41, 5.74) is 2.28. The Kier molecular flexibility index (Phi) is 16.3. The van der Waals surface area contributed by atoms with Gasteiger partial charge in [-0.2, -0.15) is 8.42 Å². The molecule has 1 aliphatic rings. The maximum atomic E-state index is 11.5. The van der Waals surface area contributed by atoms with Crippen LogP contribution in [-0.2, 0) is 25.7 Å². The van der Waals surface area contributed by atoms with Crippen LogP contribution in [0.3, 0.4) is 0 Å². The second-order valence-electron chi connectivity index (χ2n) is 10.7. The molecule has 212 valence electrons. The maximum absolute atomic E-state index is 11.5. The summed E-state index contributed by atoms with van der Waals surface area (Å²) in [6, 6.07) is 7.97. The number of rotatable bonds is 22. The SMILES string of the molecule is CCCCCCCCCCC(CCCCCC)COCC(CC1Cc2ccccc2C=N1)OS(=O)(=O)O. The van der Waals surface area contributed by atoms with E-state index in [1.807, 2.05) is 24.4 Å². The van der Waals surface area contributed by atoms with Crippen molar-refractivity contribution in [1.29, 1.82) is 0 Å². The van der Waals surface area contributed by atoms with Crippen LogP contribution in [0.4, 0.5) is 0 Å². The summed E-state index contributed by atoms with van der Waals surface area (Å²) >= 11 is 0. The van der Waals surface area contributed by atoms with Crippen molar-refractivity contribution in [2.75, 3.05) is 13.2 Å². The van der Waals surface area contributed by atoms with E-state index < -0.39 is 16.5 Å². The first-order chi connectivity index (χ1) is 17.9. The molecule has 0 bridgehead atoms. The van der Waals surface area contributed by atoms with Crippen molar-refractivity contribution in [2.45, 2.75) is 129 Å². The molecule has 1 heterocycles. The summed E-state index contributed by atoms with van der Waals surface area (Å²) in [6.45, 7) is 5.22. The van der Waals surface area contributed by atoms with Crippen LogP contribution in [0.1, 0.15) is 121 Å². The molecule has 0 aliphatic carbocycles. The van der Waals surface area contributed by atoms with Crippen molar-refractivity contribution in [2.24, 2.45) is 10.9 Å². The fourth-order valence-corrected chi connectivity index (χ4v) is 5.67. The summed E-state index contributed by atoms with van der Waals surface area (Å²) in [4.78, 5) is 4.59. The number of benzene rings is 1. The molecule has 0 radical (unpaired) electrons. The third kappa shape index (κ3) is 15.0. The molecule has 1 aliphatic heterocycles. The van der Waals surface area contributed by atoms with E-state index in [0.29, 0.717) is 18.9 Å². The third-order valence-electron chi connectivity index (χ3n) is 7.32. The highest BCUT2D eigenvalue weighted by Crippen LogP contribution is 2.22. The zero-order valence-electron chi connectivity index (χ0n) is 23.3. The van der Waals surface area contributed by atoms with Crippen LogP contribution in [0.25, 0.3) is 0 Å². The van der Waals surface area contributed by atoms with Gasteiger partial charge in [0.1, 0.15) is 6.10 Å². The molecule has 2 rings (SSSR count). The molecule has 3 unspecified atom stereocenters. The van der Waals surface area contributed by atoms with Crippen molar-refractivity contribution in [3.8, 4) is 0 Å². The van der Waals surface area contributed by atoms with Crippen molar-refractivity contribution < 1.29 is 21.9 Å². The highest BCUT2D eigenvalue weighted by Gasteiger charge is 2.24. The number of ether oxygens (including phenoxy) is 1. The minimum Gasteiger partial charge on any atom is -0.378 e. The van der Waals surface area contributed by atoms with Gasteiger partial charge in [-0.1, -0.05) is 115 Å². The predicted molar refractivity (Wildman–Crippen MR) is 153 cm³/mol. The van der Waals surface area contributed by atoms with Gasteiger partial charge in [-0.3, -0.25) is 9.55 Å². The molecule has 7 heteroatoms. The predicted octanol–water partition coefficient (Wildman–Crippen LogP) is 7.74. The van der Waals surface area contributed by atoms with E-state index in [2.05, 4.69) is 24.9 Å². The Labute approximate surface area is 226 Å². The third-order valence-corrected chi connectivity index (χ3v) is 7.83. The van der Waals surface area contributed by atoms with Crippen LogP contribution in [0.2, 0.25) is 0 Å². The summed E-state index contributed by atoms with van der Waals surface area (Å²) in [6.07, 6.45) is 19.9. The molecular weight excluding hydrogens is 486 g/mol. The number of hydrogen-bond donors (Lipinski definition) is 1. The highest BCUT2D eigenvalue weighted by molar-refractivity contribution is 7.80. The van der Waals surface area contributed by atoms with Gasteiger partial charge in [-0.05, 0) is 36.3 Å². The molecular formula is C30H51NO5S. The summed E-state index contributed by atoms with van der Waals surface area (Å²) < 4.78 is 43.4. The Morgan fingerprint density at radius 3 is 2.14 bits per heavy atom. The zero-order valence-corrected chi connectivity index (χ0v) is 24.1. The van der Waals surface area contributed by atoms with Crippen LogP contribution in [-0.4, -0.2) is 44.5 Å². The van der Waals surface area contributed by atoms with Gasteiger partial charge in [-0.15, -0.1) is 0 Å². The van der Waals surface area contributed by atoms with Gasteiger partial charge < -0.3 is 4.74 Å². The first-order valence-electron chi connectivity index (χ1n) is 14.8. The summed E-state index contributed by atoms with van der Waals surface area (Å²) in [5.74, 6) is 0.475. The lowest BCUT2D eigenvalue weighted by Crippen LogP contribution is -2.30. The van der Waals surface area contributed by atoms with E-state index in [9.17, 15) is 13.0 Å². The Bertz CT molecular complexity index is 857. The van der Waals surface area contributed by atoms with Gasteiger partial charge in [0.05, 0.1) is 12.6 Å². The molecule has 1 N–H and O–H groups in total. The second-order valence-corrected chi connectivity index (χ2v) is 11.8. The molecule has 0 spiro atoms. The van der Waals surface area contributed by atoms with E-state index in [1.54, 1.807) is 0 Å². The number of fused-ring (bicyclic) bond motifs is 1. The largest absolute Gasteiger partial charge is 0.397 e. The Hall–Kier alpha value is -1.28. The van der Waals surface area contributed by atoms with E-state index in [4.69, 9.17) is 8.92 Å². The quantitative estimate of drug-likeness (QED) is 0.121. The molecule has 0 saturated heterocycles. The topological polar surface area (TPSA) is 85.2 Å². The smallest absolute Gasteiger partial charge is 0.378 e. The van der Waals surface area contributed by atoms with Gasteiger partial charge in [0.25, 0.3) is 0 Å². The van der Waals surface area contributed by atoms with E-state index >= 15 is 0 Å². The van der Waals surface area contributed by atoms with Crippen molar-refractivity contribution in [1.82, 2.24) is 0 Å². The lowest BCUT2D eigenvalue weighted by molar-refractivity contribution is 0.0211. The lowest BCUT2D eigenvalue weighted by atomic mass is 9.94. The van der Waals surface area contributed by atoms with Crippen LogP contribution < -0.4 is 0 Å². The molecule has 6 nitrogen and oxygen atoms in total. The highest BCUT2D eigenvalue weighted by atomic mass is 32.3. The van der Waals surface area contributed by atoms with E-state index in [0.717, 1.165) is 24.8 Å². The normalized spacial score (nSPS) is 17.0. The summed E-state index contributed by atoms with van der Waals surface area (Å²) in [7, 11) is -4.57. The Morgan fingerprint density at radius 2 is 1.49 bits per heavy atom. The summed E-state index contributed by atoms with van der Waals surface area (Å²) in [5, 5.41) is 0. The van der Waals surface area contributed by atoms with E-state index in [1.165, 1.54) is 82.6 Å². The average molecular weight is 538 g/mol. The number of aliphatic imine (C=N–C) groups is 1. The average Bonchev–Trinajstić information content (AvgIpc) is 2.86. The molecule has 37 heavy (non-hydrogen) atoms. The molecule has 0 saturated carbocycles. The zero-order chi connectivity index (χ0) is 26.8. The van der Waals surface area contributed by atoms with Crippen molar-refractivity contribution in [3.05, 3.63) is 35.4 Å². The van der Waals surface area contributed by atoms with Gasteiger partial charge in [0.15, 0.2) is 0 Å². The number of unbranched alkanes of at least 4 members (excludes halogenated alkanes) is 10. The maximum Gasteiger partial charge on any atom is 0.397 e. The van der Waals surface area contributed by atoms with Gasteiger partial charge >= 0.3 is 10.4 Å². The van der Waals surface area contributed by atoms with Crippen LogP contribution >= 0.6 is 0 Å². The molecule has 0 amide bonds. The second kappa shape index (κ2) is 18.9. The number of nitrogens with zero attached hydrogens (tertiary/aromatic N) is 1. The molecule has 0 aromatic heterocycles. The van der Waals surface area contributed by atoms with Gasteiger partial charge in [0.2, 0.25) is 0 Å². The molecule has 1 aromatic carbocycles. The van der Waals surface area contributed by atoms with Crippen LogP contribution in [0.5, 0.6) is 0 Å². The van der Waals surface area contributed by atoms with Gasteiger partial charge in [0, 0.05) is 19.2 Å².